The molecule has 0 bridgehead atoms. The number of hydrogen-bond acceptors (Lipinski definition) is 4. The molecule has 2 aliphatic rings. The van der Waals surface area contributed by atoms with Gasteiger partial charge in [0, 0.05) is 22.2 Å². The third kappa shape index (κ3) is 2.85. The van der Waals surface area contributed by atoms with Crippen LogP contribution in [0.15, 0.2) is 84.9 Å². The largest absolute Gasteiger partial charge is 0.333 e. The van der Waals surface area contributed by atoms with Crippen molar-refractivity contribution in [2.24, 2.45) is 5.92 Å². The van der Waals surface area contributed by atoms with E-state index in [0.717, 1.165) is 16.8 Å². The van der Waals surface area contributed by atoms with Crippen LogP contribution in [0.5, 0.6) is 0 Å². The van der Waals surface area contributed by atoms with E-state index in [4.69, 9.17) is 11.6 Å². The van der Waals surface area contributed by atoms with Gasteiger partial charge in [-0.2, -0.15) is 10.5 Å². The van der Waals surface area contributed by atoms with Crippen molar-refractivity contribution in [3.05, 3.63) is 107 Å². The van der Waals surface area contributed by atoms with Crippen molar-refractivity contribution >= 4 is 29.1 Å². The molecule has 1 fully saturated rings. The molecule has 0 saturated carbocycles. The minimum atomic E-state index is -1.56. The lowest BCUT2D eigenvalue weighted by Crippen LogP contribution is -2.48. The normalized spacial score (nSPS) is 22.3. The molecule has 0 radical (unpaired) electrons. The van der Waals surface area contributed by atoms with Gasteiger partial charge in [-0.15, -0.1) is 0 Å². The Balaban J connectivity index is 1.78. The van der Waals surface area contributed by atoms with E-state index >= 15 is 0 Å². The predicted octanol–water partition coefficient (Wildman–Crippen LogP) is 5.62. The highest BCUT2D eigenvalue weighted by Crippen LogP contribution is 2.54. The van der Waals surface area contributed by atoms with E-state index in [2.05, 4.69) is 12.1 Å². The topological polar surface area (TPSA) is 67.9 Å². The predicted molar refractivity (Wildman–Crippen MR) is 124 cm³/mol. The van der Waals surface area contributed by atoms with Gasteiger partial charge in [0.15, 0.2) is 5.78 Å². The summed E-state index contributed by atoms with van der Waals surface area (Å²) in [6.45, 7) is 0. The molecule has 0 amide bonds. The van der Waals surface area contributed by atoms with Crippen LogP contribution in [-0.4, -0.2) is 17.4 Å². The van der Waals surface area contributed by atoms with Crippen molar-refractivity contribution in [2.45, 2.75) is 17.5 Å². The summed E-state index contributed by atoms with van der Waals surface area (Å²) in [6, 6.07) is 28.0. The van der Waals surface area contributed by atoms with Crippen LogP contribution >= 0.6 is 11.6 Å². The van der Waals surface area contributed by atoms with E-state index in [0.29, 0.717) is 10.6 Å². The van der Waals surface area contributed by atoms with Crippen LogP contribution in [0.25, 0.3) is 6.08 Å². The number of nitriles is 2. The molecule has 0 spiro atoms. The fraction of sp³-hybridized carbons (Fsp3) is 0.148. The summed E-state index contributed by atoms with van der Waals surface area (Å²) in [5.74, 6) is -1.37. The maximum absolute atomic E-state index is 13.9. The number of Topliss-reactive ketones (excluding diaryl/α,β-unsaturated/α-hetero) is 1. The average molecular weight is 436 g/mol. The molecule has 3 aromatic carbocycles. The summed E-state index contributed by atoms with van der Waals surface area (Å²) >= 11 is 6.12. The second-order valence-electron chi connectivity index (χ2n) is 8.05. The van der Waals surface area contributed by atoms with E-state index < -0.39 is 23.4 Å². The summed E-state index contributed by atoms with van der Waals surface area (Å²) in [7, 11) is 0. The third-order valence-corrected chi connectivity index (χ3v) is 6.71. The smallest absolute Gasteiger partial charge is 0.223 e. The Morgan fingerprint density at radius 2 is 1.56 bits per heavy atom. The zero-order chi connectivity index (χ0) is 22.3. The minimum absolute atomic E-state index is 0.0862. The van der Waals surface area contributed by atoms with Crippen molar-refractivity contribution in [1.29, 1.82) is 10.5 Å². The number of hydrogen-bond donors (Lipinski definition) is 0. The lowest BCUT2D eigenvalue weighted by atomic mass is 9.73. The Morgan fingerprint density at radius 3 is 2.25 bits per heavy atom. The summed E-state index contributed by atoms with van der Waals surface area (Å²) in [6.07, 6.45) is 3.93. The molecule has 2 aliphatic heterocycles. The van der Waals surface area contributed by atoms with Gasteiger partial charge in [0.05, 0.1) is 12.0 Å². The summed E-state index contributed by atoms with van der Waals surface area (Å²) < 4.78 is 0. The van der Waals surface area contributed by atoms with Crippen molar-refractivity contribution < 1.29 is 4.79 Å². The lowest BCUT2D eigenvalue weighted by Gasteiger charge is -2.37. The van der Waals surface area contributed by atoms with Gasteiger partial charge in [-0.1, -0.05) is 84.4 Å². The van der Waals surface area contributed by atoms with Crippen LogP contribution < -0.4 is 4.90 Å². The van der Waals surface area contributed by atoms with Crippen molar-refractivity contribution in [3.63, 3.8) is 0 Å². The van der Waals surface area contributed by atoms with Crippen LogP contribution in [-0.2, 0) is 0 Å². The number of anilines is 1. The van der Waals surface area contributed by atoms with E-state index in [-0.39, 0.29) is 5.78 Å². The molecule has 4 nitrogen and oxygen atoms in total. The number of benzene rings is 3. The van der Waals surface area contributed by atoms with E-state index in [9.17, 15) is 15.3 Å². The molecule has 1 saturated heterocycles. The fourth-order valence-electron chi connectivity index (χ4n) is 5.10. The number of carbonyl (C=O) groups excluding carboxylic acids is 1. The fourth-order valence-corrected chi connectivity index (χ4v) is 5.23. The highest BCUT2D eigenvalue weighted by molar-refractivity contribution is 6.30. The molecule has 0 aromatic heterocycles. The highest BCUT2D eigenvalue weighted by atomic mass is 35.5. The summed E-state index contributed by atoms with van der Waals surface area (Å²) in [5, 5.41) is 21.5. The number of halogens is 1. The molecule has 3 atom stereocenters. The molecule has 0 aliphatic carbocycles. The molecular formula is C27H18ClN3O. The second kappa shape index (κ2) is 7.68. The number of carbonyl (C=O) groups is 1. The van der Waals surface area contributed by atoms with Gasteiger partial charge in [-0.3, -0.25) is 4.79 Å². The van der Waals surface area contributed by atoms with E-state index in [1.54, 1.807) is 24.3 Å². The molecule has 32 heavy (non-hydrogen) atoms. The van der Waals surface area contributed by atoms with E-state index in [1.807, 2.05) is 71.6 Å². The Bertz CT molecular complexity index is 1290. The zero-order valence-corrected chi connectivity index (χ0v) is 17.8. The number of para-hydroxylation sites is 1. The van der Waals surface area contributed by atoms with Crippen LogP contribution in [0.2, 0.25) is 5.02 Å². The van der Waals surface area contributed by atoms with Gasteiger partial charge in [0.25, 0.3) is 0 Å². The van der Waals surface area contributed by atoms with E-state index in [1.165, 1.54) is 0 Å². The van der Waals surface area contributed by atoms with Gasteiger partial charge in [-0.25, -0.2) is 0 Å². The number of rotatable bonds is 3. The first kappa shape index (κ1) is 20.1. The molecule has 3 aromatic rings. The van der Waals surface area contributed by atoms with Crippen molar-refractivity contribution in [3.8, 4) is 12.1 Å². The maximum atomic E-state index is 13.9. The first-order chi connectivity index (χ1) is 15.6. The quantitative estimate of drug-likeness (QED) is 0.500. The molecule has 5 heteroatoms. The molecule has 3 unspecified atom stereocenters. The Morgan fingerprint density at radius 1 is 0.906 bits per heavy atom. The van der Waals surface area contributed by atoms with Crippen LogP contribution in [0, 0.1) is 28.6 Å². The third-order valence-electron chi connectivity index (χ3n) is 6.46. The zero-order valence-electron chi connectivity index (χ0n) is 17.0. The number of nitrogens with zero attached hydrogens (tertiary/aromatic N) is 3. The van der Waals surface area contributed by atoms with Crippen LogP contribution in [0.1, 0.15) is 27.4 Å². The second-order valence-corrected chi connectivity index (χ2v) is 8.49. The Kier molecular flexibility index (Phi) is 4.82. The monoisotopic (exact) mass is 435 g/mol. The lowest BCUT2D eigenvalue weighted by molar-refractivity contribution is 0.0906. The Labute approximate surface area is 191 Å². The summed E-state index contributed by atoms with van der Waals surface area (Å²) in [5.41, 5.74) is 1.45. The molecule has 5 rings (SSSR count). The molecule has 154 valence electrons. The van der Waals surface area contributed by atoms with Gasteiger partial charge in [0.2, 0.25) is 5.54 Å². The maximum Gasteiger partial charge on any atom is 0.223 e. The first-order valence-corrected chi connectivity index (χ1v) is 10.7. The van der Waals surface area contributed by atoms with Gasteiger partial charge >= 0.3 is 0 Å². The van der Waals surface area contributed by atoms with Crippen molar-refractivity contribution in [1.82, 2.24) is 0 Å². The van der Waals surface area contributed by atoms with Gasteiger partial charge in [-0.05, 0) is 29.3 Å². The minimum Gasteiger partial charge on any atom is -0.333 e. The molecular weight excluding hydrogens is 418 g/mol. The standard InChI is InChI=1S/C27H18ClN3O/c28-21-13-10-19(11-14-21)25-24(26(32)20-7-2-1-3-8-20)23-15-12-18-6-4-5-9-22(18)31(23)27(25,16-29)17-30/h1-15,23-25H. The summed E-state index contributed by atoms with van der Waals surface area (Å²) in [4.78, 5) is 15.7. The SMILES string of the molecule is N#CC1(C#N)C(c2ccc(Cl)cc2)C(C(=O)c2ccccc2)C2C=Cc3ccccc3N21. The number of fused-ring (bicyclic) bond motifs is 3. The van der Waals surface area contributed by atoms with Crippen molar-refractivity contribution in [2.75, 3.05) is 4.90 Å². The molecule has 0 N–H and O–H groups in total. The highest BCUT2D eigenvalue weighted by Gasteiger charge is 2.63. The average Bonchev–Trinajstić information content (AvgIpc) is 3.15. The Hall–Kier alpha value is -3.86. The van der Waals surface area contributed by atoms with Crippen LogP contribution in [0.3, 0.4) is 0 Å². The van der Waals surface area contributed by atoms with Crippen LogP contribution in [0.4, 0.5) is 5.69 Å². The first-order valence-electron chi connectivity index (χ1n) is 10.3. The van der Waals surface area contributed by atoms with Gasteiger partial charge in [0.1, 0.15) is 12.1 Å². The number of ketones is 1. The molecule has 2 heterocycles. The van der Waals surface area contributed by atoms with Gasteiger partial charge < -0.3 is 4.90 Å².